The third kappa shape index (κ3) is 3.63. The Balaban J connectivity index is 1.48. The van der Waals surface area contributed by atoms with Crippen LogP contribution in [0.5, 0.6) is 0 Å². The van der Waals surface area contributed by atoms with Crippen molar-refractivity contribution in [2.45, 2.75) is 43.8 Å². The third-order valence-corrected chi connectivity index (χ3v) is 9.15. The number of para-hydroxylation sites is 1. The predicted octanol–water partition coefficient (Wildman–Crippen LogP) is 4.25. The molecule has 2 aromatic heterocycles. The molecule has 1 aliphatic heterocycles. The van der Waals surface area contributed by atoms with Gasteiger partial charge in [-0.05, 0) is 56.6 Å². The first-order valence-corrected chi connectivity index (χ1v) is 13.2. The highest BCUT2D eigenvalue weighted by atomic mass is 32.2. The quantitative estimate of drug-likeness (QED) is 0.422. The highest BCUT2D eigenvalue weighted by molar-refractivity contribution is 7.89. The molecule has 1 unspecified atom stereocenters. The summed E-state index contributed by atoms with van der Waals surface area (Å²) < 4.78 is 29.8. The number of benzene rings is 2. The molecule has 9 heteroatoms. The first kappa shape index (κ1) is 21.5. The molecule has 1 atom stereocenters. The molecule has 0 saturated carbocycles. The molecular weight excluding hydrogens is 442 g/mol. The Labute approximate surface area is 192 Å². The van der Waals surface area contributed by atoms with Gasteiger partial charge in [0, 0.05) is 20.6 Å². The molecule has 0 N–H and O–H groups in total. The summed E-state index contributed by atoms with van der Waals surface area (Å²) in [5.74, 6) is 0.968. The number of aromatic nitrogens is 3. The van der Waals surface area contributed by atoms with E-state index in [1.165, 1.54) is 14.0 Å². The van der Waals surface area contributed by atoms with Gasteiger partial charge in [0.25, 0.3) is 0 Å². The van der Waals surface area contributed by atoms with E-state index in [1.807, 2.05) is 12.1 Å². The monoisotopic (exact) mass is 469 g/mol. The van der Waals surface area contributed by atoms with Crippen LogP contribution in [0.4, 0.5) is 0 Å². The molecule has 3 heterocycles. The summed E-state index contributed by atoms with van der Waals surface area (Å²) >= 11 is 1.78. The van der Waals surface area contributed by atoms with Crippen LogP contribution >= 0.6 is 11.3 Å². The molecular formula is C23H27N5O2S2. The van der Waals surface area contributed by atoms with Gasteiger partial charge in [0.2, 0.25) is 10.0 Å². The molecule has 1 fully saturated rings. The molecule has 168 valence electrons. The maximum absolute atomic E-state index is 12.6. The fourth-order valence-corrected chi connectivity index (χ4v) is 6.57. The molecule has 0 radical (unpaired) electrons. The third-order valence-electron chi connectivity index (χ3n) is 6.20. The van der Waals surface area contributed by atoms with Crippen LogP contribution in [-0.2, 0) is 23.1 Å². The molecule has 0 bridgehead atoms. The van der Waals surface area contributed by atoms with Crippen molar-refractivity contribution in [3.8, 4) is 0 Å². The van der Waals surface area contributed by atoms with Crippen molar-refractivity contribution in [1.82, 2.24) is 23.7 Å². The number of aryl methyl sites for hydroxylation is 1. The van der Waals surface area contributed by atoms with Gasteiger partial charge in [0.15, 0.2) is 0 Å². The average molecular weight is 470 g/mol. The molecule has 1 aliphatic rings. The van der Waals surface area contributed by atoms with Crippen molar-refractivity contribution in [2.75, 3.05) is 20.6 Å². The SMILES string of the molecule is CCn1c(CN2CCCC2c2nc3ccccc3s2)nc2cc(S(=O)(=O)N(C)C)ccc21. The smallest absolute Gasteiger partial charge is 0.242 e. The molecule has 4 aromatic rings. The molecule has 2 aromatic carbocycles. The first-order chi connectivity index (χ1) is 15.4. The Morgan fingerprint density at radius 3 is 2.69 bits per heavy atom. The maximum Gasteiger partial charge on any atom is 0.242 e. The fourth-order valence-electron chi connectivity index (χ4n) is 4.51. The fraction of sp³-hybridized carbons (Fsp3) is 0.391. The predicted molar refractivity (Wildman–Crippen MR) is 128 cm³/mol. The van der Waals surface area contributed by atoms with Crippen LogP contribution in [0, 0.1) is 0 Å². The highest BCUT2D eigenvalue weighted by Gasteiger charge is 2.30. The summed E-state index contributed by atoms with van der Waals surface area (Å²) in [5.41, 5.74) is 2.76. The summed E-state index contributed by atoms with van der Waals surface area (Å²) in [4.78, 5) is 12.5. The summed E-state index contributed by atoms with van der Waals surface area (Å²) in [5, 5.41) is 1.17. The number of hydrogen-bond acceptors (Lipinski definition) is 6. The Bertz CT molecular complexity index is 1360. The summed E-state index contributed by atoms with van der Waals surface area (Å²) in [6.07, 6.45) is 2.23. The number of imidazole rings is 1. The number of sulfonamides is 1. The molecule has 7 nitrogen and oxygen atoms in total. The largest absolute Gasteiger partial charge is 0.327 e. The normalized spacial score (nSPS) is 17.8. The van der Waals surface area contributed by atoms with Crippen molar-refractivity contribution in [1.29, 1.82) is 0 Å². The molecule has 32 heavy (non-hydrogen) atoms. The standard InChI is InChI=1S/C23H27N5O2S2/c1-4-28-19-12-11-16(32(29,30)26(2)3)14-18(19)24-22(28)15-27-13-7-9-20(27)23-25-17-8-5-6-10-21(17)31-23/h5-6,8,10-12,14,20H,4,7,9,13,15H2,1-3H3. The van der Waals surface area contributed by atoms with Crippen molar-refractivity contribution in [3.05, 3.63) is 53.3 Å². The van der Waals surface area contributed by atoms with Crippen molar-refractivity contribution >= 4 is 42.6 Å². The minimum atomic E-state index is -3.49. The second kappa shape index (κ2) is 8.22. The zero-order chi connectivity index (χ0) is 22.5. The van der Waals surface area contributed by atoms with Gasteiger partial charge in [0.05, 0.1) is 38.7 Å². The van der Waals surface area contributed by atoms with E-state index in [1.54, 1.807) is 37.6 Å². The van der Waals surface area contributed by atoms with Crippen LogP contribution in [-0.4, -0.2) is 52.8 Å². The summed E-state index contributed by atoms with van der Waals surface area (Å²) in [7, 11) is -0.398. The Kier molecular flexibility index (Phi) is 5.53. The van der Waals surface area contributed by atoms with Gasteiger partial charge >= 0.3 is 0 Å². The Morgan fingerprint density at radius 2 is 1.94 bits per heavy atom. The lowest BCUT2D eigenvalue weighted by Gasteiger charge is -2.22. The van der Waals surface area contributed by atoms with Crippen LogP contribution in [0.25, 0.3) is 21.3 Å². The van der Waals surface area contributed by atoms with E-state index < -0.39 is 10.0 Å². The lowest BCUT2D eigenvalue weighted by atomic mass is 10.2. The number of thiazole rings is 1. The molecule has 0 amide bonds. The number of fused-ring (bicyclic) bond motifs is 2. The van der Waals surface area contributed by atoms with Crippen LogP contribution in [0.1, 0.15) is 36.6 Å². The number of rotatable bonds is 6. The van der Waals surface area contributed by atoms with E-state index in [-0.39, 0.29) is 4.90 Å². The maximum atomic E-state index is 12.6. The minimum Gasteiger partial charge on any atom is -0.327 e. The lowest BCUT2D eigenvalue weighted by molar-refractivity contribution is 0.239. The van der Waals surface area contributed by atoms with E-state index in [2.05, 4.69) is 34.6 Å². The van der Waals surface area contributed by atoms with Crippen molar-refractivity contribution in [2.24, 2.45) is 0 Å². The van der Waals surface area contributed by atoms with E-state index >= 15 is 0 Å². The highest BCUT2D eigenvalue weighted by Crippen LogP contribution is 2.37. The van der Waals surface area contributed by atoms with E-state index in [0.717, 1.165) is 54.9 Å². The van der Waals surface area contributed by atoms with Gasteiger partial charge in [0.1, 0.15) is 10.8 Å². The number of likely N-dealkylation sites (tertiary alicyclic amines) is 1. The van der Waals surface area contributed by atoms with Crippen molar-refractivity contribution in [3.63, 3.8) is 0 Å². The van der Waals surface area contributed by atoms with Crippen molar-refractivity contribution < 1.29 is 8.42 Å². The zero-order valence-corrected chi connectivity index (χ0v) is 20.2. The molecule has 0 aliphatic carbocycles. The van der Waals surface area contributed by atoms with Crippen LogP contribution in [0.15, 0.2) is 47.4 Å². The van der Waals surface area contributed by atoms with Crippen LogP contribution in [0.3, 0.4) is 0 Å². The summed E-state index contributed by atoms with van der Waals surface area (Å²) in [6, 6.07) is 13.8. The second-order valence-corrected chi connectivity index (χ2v) is 11.6. The van der Waals surface area contributed by atoms with E-state index in [9.17, 15) is 8.42 Å². The first-order valence-electron chi connectivity index (χ1n) is 10.9. The Morgan fingerprint density at radius 1 is 1.12 bits per heavy atom. The average Bonchev–Trinajstić information content (AvgIpc) is 3.49. The second-order valence-electron chi connectivity index (χ2n) is 8.36. The van der Waals surface area contributed by atoms with Gasteiger partial charge < -0.3 is 4.57 Å². The lowest BCUT2D eigenvalue weighted by Crippen LogP contribution is -2.24. The molecule has 0 spiro atoms. The van der Waals surface area contributed by atoms with E-state index in [0.29, 0.717) is 6.04 Å². The molecule has 5 rings (SSSR count). The van der Waals surface area contributed by atoms with Gasteiger partial charge in [-0.3, -0.25) is 4.90 Å². The Hall–Kier alpha value is -2.33. The topological polar surface area (TPSA) is 71.3 Å². The summed E-state index contributed by atoms with van der Waals surface area (Å²) in [6.45, 7) is 4.61. The number of hydrogen-bond donors (Lipinski definition) is 0. The van der Waals surface area contributed by atoms with Gasteiger partial charge in [-0.2, -0.15) is 0 Å². The van der Waals surface area contributed by atoms with Crippen LogP contribution < -0.4 is 0 Å². The van der Waals surface area contributed by atoms with Crippen LogP contribution in [0.2, 0.25) is 0 Å². The number of nitrogens with zero attached hydrogens (tertiary/aromatic N) is 5. The van der Waals surface area contributed by atoms with E-state index in [4.69, 9.17) is 9.97 Å². The minimum absolute atomic E-state index is 0.274. The molecule has 1 saturated heterocycles. The zero-order valence-electron chi connectivity index (χ0n) is 18.5. The van der Waals surface area contributed by atoms with Gasteiger partial charge in [-0.25, -0.2) is 22.7 Å². The van der Waals surface area contributed by atoms with Gasteiger partial charge in [-0.1, -0.05) is 12.1 Å². The van der Waals surface area contributed by atoms with Gasteiger partial charge in [-0.15, -0.1) is 11.3 Å².